The second-order valence-corrected chi connectivity index (χ2v) is 10.9. The van der Waals surface area contributed by atoms with Crippen LogP contribution in [0.25, 0.3) is 0 Å². The molecule has 10 heteroatoms. The van der Waals surface area contributed by atoms with Gasteiger partial charge in [0.1, 0.15) is 5.76 Å². The third-order valence-corrected chi connectivity index (χ3v) is 6.83. The van der Waals surface area contributed by atoms with Crippen LogP contribution in [0, 0.1) is 0 Å². The summed E-state index contributed by atoms with van der Waals surface area (Å²) in [5.74, 6) is 1.97. The molecule has 33 heavy (non-hydrogen) atoms. The summed E-state index contributed by atoms with van der Waals surface area (Å²) < 4.78 is 6.78. The topological polar surface area (TPSA) is 121 Å². The molecule has 0 radical (unpaired) electrons. The molecule has 0 aliphatic heterocycles. The van der Waals surface area contributed by atoms with E-state index in [1.807, 2.05) is 24.3 Å². The molecule has 3 rings (SSSR count). The van der Waals surface area contributed by atoms with Crippen molar-refractivity contribution in [3.8, 4) is 0 Å². The number of nitrogens with zero attached hydrogens (tertiary/aromatic N) is 2. The highest BCUT2D eigenvalue weighted by atomic mass is 32.2. The van der Waals surface area contributed by atoms with Gasteiger partial charge in [-0.3, -0.25) is 4.79 Å². The Bertz CT molecular complexity index is 1050. The lowest BCUT2D eigenvalue weighted by Gasteiger charge is -2.12. The van der Waals surface area contributed by atoms with E-state index >= 15 is 0 Å². The van der Waals surface area contributed by atoms with Crippen molar-refractivity contribution < 1.29 is 19.4 Å². The van der Waals surface area contributed by atoms with Crippen molar-refractivity contribution in [1.82, 2.24) is 15.3 Å². The molecule has 0 aliphatic rings. The number of hydrogen-bond acceptors (Lipinski definition) is 9. The van der Waals surface area contributed by atoms with E-state index in [-0.39, 0.29) is 30.9 Å². The van der Waals surface area contributed by atoms with E-state index in [1.54, 1.807) is 24.2 Å². The number of aliphatic hydroxyl groups is 2. The van der Waals surface area contributed by atoms with Gasteiger partial charge in [-0.05, 0) is 11.1 Å². The summed E-state index contributed by atoms with van der Waals surface area (Å²) in [5, 5.41) is 24.9. The Morgan fingerprint density at radius 1 is 1.21 bits per heavy atom. The lowest BCUT2D eigenvalue weighted by molar-refractivity contribution is -0.115. The maximum atomic E-state index is 12.6. The number of oxazole rings is 1. The molecule has 1 aromatic carbocycles. The highest BCUT2D eigenvalue weighted by Gasteiger charge is 2.19. The van der Waals surface area contributed by atoms with Gasteiger partial charge in [-0.1, -0.05) is 56.4 Å². The van der Waals surface area contributed by atoms with E-state index in [4.69, 9.17) is 9.52 Å². The van der Waals surface area contributed by atoms with Gasteiger partial charge in [-0.25, -0.2) is 9.97 Å². The van der Waals surface area contributed by atoms with Crippen molar-refractivity contribution in [2.75, 3.05) is 18.5 Å². The van der Waals surface area contributed by atoms with Crippen LogP contribution in [0.4, 0.5) is 5.13 Å². The van der Waals surface area contributed by atoms with Crippen LogP contribution >= 0.6 is 23.1 Å². The van der Waals surface area contributed by atoms with Crippen LogP contribution in [0.5, 0.6) is 0 Å². The van der Waals surface area contributed by atoms with Gasteiger partial charge in [0.25, 0.3) is 0 Å². The van der Waals surface area contributed by atoms with E-state index in [9.17, 15) is 9.90 Å². The zero-order valence-corrected chi connectivity index (χ0v) is 20.6. The van der Waals surface area contributed by atoms with Crippen LogP contribution in [-0.2, 0) is 28.9 Å². The Kier molecular flexibility index (Phi) is 9.04. The molecule has 1 unspecified atom stereocenters. The minimum Gasteiger partial charge on any atom is -0.444 e. The fourth-order valence-corrected chi connectivity index (χ4v) is 4.66. The van der Waals surface area contributed by atoms with E-state index in [0.717, 1.165) is 21.1 Å². The van der Waals surface area contributed by atoms with Gasteiger partial charge in [-0.2, -0.15) is 0 Å². The summed E-state index contributed by atoms with van der Waals surface area (Å²) in [5.41, 5.74) is 1.78. The van der Waals surface area contributed by atoms with Crippen LogP contribution in [0.3, 0.4) is 0 Å². The van der Waals surface area contributed by atoms with Gasteiger partial charge in [0, 0.05) is 18.5 Å². The summed E-state index contributed by atoms with van der Waals surface area (Å²) in [6.45, 7) is 6.73. The van der Waals surface area contributed by atoms with Crippen LogP contribution in [-0.4, -0.2) is 45.3 Å². The van der Waals surface area contributed by atoms with Gasteiger partial charge < -0.3 is 25.3 Å². The minimum absolute atomic E-state index is 0.0762. The molecule has 0 aliphatic carbocycles. The molecular weight excluding hydrogens is 460 g/mol. The monoisotopic (exact) mass is 490 g/mol. The average Bonchev–Trinajstić information content (AvgIpc) is 3.42. The van der Waals surface area contributed by atoms with Gasteiger partial charge >= 0.3 is 0 Å². The number of rotatable bonds is 11. The summed E-state index contributed by atoms with van der Waals surface area (Å²) in [7, 11) is 0. The Morgan fingerprint density at radius 3 is 2.67 bits per heavy atom. The molecule has 1 amide bonds. The van der Waals surface area contributed by atoms with Crippen LogP contribution in [0.2, 0.25) is 0 Å². The second kappa shape index (κ2) is 11.8. The van der Waals surface area contributed by atoms with Crippen molar-refractivity contribution >= 4 is 34.1 Å². The molecule has 0 bridgehead atoms. The third-order valence-electron chi connectivity index (χ3n) is 4.74. The number of nitrogens with one attached hydrogen (secondary N) is 2. The fraction of sp³-hybridized carbons (Fsp3) is 0.435. The number of benzene rings is 1. The molecule has 0 spiro atoms. The van der Waals surface area contributed by atoms with E-state index in [1.165, 1.54) is 11.3 Å². The molecule has 2 heterocycles. The van der Waals surface area contributed by atoms with Gasteiger partial charge in [0.15, 0.2) is 5.13 Å². The molecular formula is C23H30N4O4S2. The van der Waals surface area contributed by atoms with Crippen LogP contribution < -0.4 is 10.6 Å². The van der Waals surface area contributed by atoms with Gasteiger partial charge in [-0.15, -0.1) is 11.8 Å². The second-order valence-electron chi connectivity index (χ2n) is 8.60. The zero-order valence-electron chi connectivity index (χ0n) is 19.0. The van der Waals surface area contributed by atoms with E-state index in [2.05, 4.69) is 41.4 Å². The molecule has 0 saturated carbocycles. The Labute approximate surface area is 201 Å². The first-order chi connectivity index (χ1) is 15.7. The number of carbonyl (C=O) groups is 1. The Hall–Kier alpha value is -2.24. The molecule has 8 nitrogen and oxygen atoms in total. The number of thioether (sulfide) groups is 1. The Morgan fingerprint density at radius 2 is 1.97 bits per heavy atom. The Balaban J connectivity index is 1.50. The number of amides is 1. The molecule has 0 saturated heterocycles. The number of carbonyl (C=O) groups excluding carboxylic acids is 1. The first-order valence-corrected chi connectivity index (χ1v) is 12.4. The SMILES string of the molecule is CC(C)(C)c1cnc(CSc2cnc(NC(=O)Cc3ccccc3CNCC(O)CO)s2)o1. The van der Waals surface area contributed by atoms with Crippen molar-refractivity contribution in [3.63, 3.8) is 0 Å². The van der Waals surface area contributed by atoms with Crippen molar-refractivity contribution in [3.05, 3.63) is 59.4 Å². The molecule has 0 fully saturated rings. The number of aromatic nitrogens is 2. The largest absolute Gasteiger partial charge is 0.444 e. The number of anilines is 1. The minimum atomic E-state index is -0.804. The van der Waals surface area contributed by atoms with Gasteiger partial charge in [0.05, 0.1) is 41.5 Å². The lowest BCUT2D eigenvalue weighted by atomic mass is 9.94. The standard InChI is InChI=1S/C23H30N4O4S2/c1-23(2,3)18-11-25-20(31-18)14-32-21-12-26-22(33-21)27-19(30)8-15-6-4-5-7-16(15)9-24-10-17(29)13-28/h4-7,11-12,17,24,28-29H,8-10,13-14H2,1-3H3,(H,26,27,30). The maximum absolute atomic E-state index is 12.6. The molecule has 4 N–H and O–H groups in total. The molecule has 2 aromatic heterocycles. The summed E-state index contributed by atoms with van der Waals surface area (Å²) in [4.78, 5) is 21.2. The molecule has 178 valence electrons. The van der Waals surface area contributed by atoms with Crippen molar-refractivity contribution in [1.29, 1.82) is 0 Å². The predicted molar refractivity (Wildman–Crippen MR) is 130 cm³/mol. The number of aliphatic hydroxyl groups excluding tert-OH is 2. The highest BCUT2D eigenvalue weighted by Crippen LogP contribution is 2.31. The van der Waals surface area contributed by atoms with Crippen molar-refractivity contribution in [2.24, 2.45) is 0 Å². The number of thiazole rings is 1. The van der Waals surface area contributed by atoms with Crippen LogP contribution in [0.15, 0.2) is 45.3 Å². The average molecular weight is 491 g/mol. The highest BCUT2D eigenvalue weighted by molar-refractivity contribution is 8.00. The molecule has 1 atom stereocenters. The lowest BCUT2D eigenvalue weighted by Crippen LogP contribution is -2.29. The predicted octanol–water partition coefficient (Wildman–Crippen LogP) is 3.34. The quantitative estimate of drug-likeness (QED) is 0.302. The smallest absolute Gasteiger partial charge is 0.230 e. The number of hydrogen-bond donors (Lipinski definition) is 4. The van der Waals surface area contributed by atoms with E-state index in [0.29, 0.717) is 23.3 Å². The zero-order chi connectivity index (χ0) is 23.8. The first-order valence-electron chi connectivity index (χ1n) is 10.6. The van der Waals surface area contributed by atoms with Crippen molar-refractivity contribution in [2.45, 2.75) is 55.2 Å². The van der Waals surface area contributed by atoms with Gasteiger partial charge in [0.2, 0.25) is 11.8 Å². The summed E-state index contributed by atoms with van der Waals surface area (Å²) in [6, 6.07) is 7.64. The summed E-state index contributed by atoms with van der Waals surface area (Å²) >= 11 is 2.98. The third kappa shape index (κ3) is 7.94. The summed E-state index contributed by atoms with van der Waals surface area (Å²) in [6.07, 6.45) is 2.93. The fourth-order valence-electron chi connectivity index (χ4n) is 2.92. The van der Waals surface area contributed by atoms with E-state index < -0.39 is 6.10 Å². The normalized spacial score (nSPS) is 12.6. The van der Waals surface area contributed by atoms with Crippen LogP contribution in [0.1, 0.15) is 43.5 Å². The molecule has 3 aromatic rings. The maximum Gasteiger partial charge on any atom is 0.230 e. The first kappa shape index (κ1) is 25.4.